The molecule has 1 fully saturated rings. The maximum absolute atomic E-state index is 12.7. The van der Waals surface area contributed by atoms with Gasteiger partial charge in [-0.05, 0) is 33.3 Å². The predicted octanol–water partition coefficient (Wildman–Crippen LogP) is 4.43. The van der Waals surface area contributed by atoms with Gasteiger partial charge in [0.05, 0.1) is 15.1 Å². The van der Waals surface area contributed by atoms with E-state index in [4.69, 9.17) is 4.74 Å². The Balaban J connectivity index is 2.31. The van der Waals surface area contributed by atoms with Crippen molar-refractivity contribution < 1.29 is 14.3 Å². The predicted molar refractivity (Wildman–Crippen MR) is 93.3 cm³/mol. The monoisotopic (exact) mass is 430 g/mol. The third-order valence-electron chi connectivity index (χ3n) is 4.30. The molecule has 3 nitrogen and oxygen atoms in total. The summed E-state index contributed by atoms with van der Waals surface area (Å²) in [5, 5.41) is 0. The molecular weight excluding hydrogens is 412 g/mol. The topological polar surface area (TPSA) is 43.4 Å². The third kappa shape index (κ3) is 2.90. The van der Waals surface area contributed by atoms with Crippen LogP contribution in [0.25, 0.3) is 0 Å². The molecule has 0 aromatic heterocycles. The van der Waals surface area contributed by atoms with Crippen molar-refractivity contribution in [3.8, 4) is 0 Å². The van der Waals surface area contributed by atoms with E-state index >= 15 is 0 Å². The van der Waals surface area contributed by atoms with E-state index in [1.165, 1.54) is 0 Å². The van der Waals surface area contributed by atoms with Crippen LogP contribution in [0.15, 0.2) is 30.3 Å². The molecule has 120 valence electrons. The summed E-state index contributed by atoms with van der Waals surface area (Å²) in [5.41, 5.74) is -0.790. The van der Waals surface area contributed by atoms with Crippen LogP contribution < -0.4 is 0 Å². The van der Waals surface area contributed by atoms with E-state index in [1.807, 2.05) is 44.2 Å². The molecule has 22 heavy (non-hydrogen) atoms. The molecule has 0 bridgehead atoms. The van der Waals surface area contributed by atoms with Crippen molar-refractivity contribution in [3.05, 3.63) is 35.9 Å². The summed E-state index contributed by atoms with van der Waals surface area (Å²) < 4.78 is 5.66. The molecule has 1 heterocycles. The highest BCUT2D eigenvalue weighted by Crippen LogP contribution is 2.46. The largest absolute Gasteiger partial charge is 0.459 e. The highest BCUT2D eigenvalue weighted by atomic mass is 79.9. The fourth-order valence-corrected chi connectivity index (χ4v) is 4.53. The molecule has 1 aliphatic heterocycles. The lowest BCUT2D eigenvalue weighted by molar-refractivity contribution is -0.185. The van der Waals surface area contributed by atoms with Crippen molar-refractivity contribution in [1.29, 1.82) is 0 Å². The molecule has 3 atom stereocenters. The number of hydrogen-bond donors (Lipinski definition) is 0. The second kappa shape index (κ2) is 6.08. The van der Waals surface area contributed by atoms with Gasteiger partial charge in [-0.25, -0.2) is 0 Å². The third-order valence-corrected chi connectivity index (χ3v) is 7.11. The standard InChI is InChI=1S/C17H20Br2O3/c1-16(2)13(22-15(21)17(3,4)14(16)20)12(19)11(18)10-8-6-5-7-9-10/h5-9,11-13H,1-4H3/t11-,12-,13-/m0/s1. The summed E-state index contributed by atoms with van der Waals surface area (Å²) in [6.45, 7) is 6.93. The summed E-state index contributed by atoms with van der Waals surface area (Å²) >= 11 is 7.29. The summed E-state index contributed by atoms with van der Waals surface area (Å²) in [6.07, 6.45) is -0.537. The van der Waals surface area contributed by atoms with Gasteiger partial charge in [-0.3, -0.25) is 9.59 Å². The van der Waals surface area contributed by atoms with Gasteiger partial charge >= 0.3 is 5.97 Å². The molecule has 0 saturated carbocycles. The average Bonchev–Trinajstić information content (AvgIpc) is 2.49. The second-order valence-corrected chi connectivity index (χ2v) is 8.80. The van der Waals surface area contributed by atoms with Gasteiger partial charge in [-0.15, -0.1) is 0 Å². The fourth-order valence-electron chi connectivity index (χ4n) is 2.87. The first-order valence-electron chi connectivity index (χ1n) is 7.19. The van der Waals surface area contributed by atoms with Gasteiger partial charge < -0.3 is 4.74 Å². The number of halogens is 2. The Hall–Kier alpha value is -0.680. The van der Waals surface area contributed by atoms with E-state index in [-0.39, 0.29) is 15.4 Å². The normalized spacial score (nSPS) is 26.2. The van der Waals surface area contributed by atoms with Gasteiger partial charge in [0.25, 0.3) is 0 Å². The molecule has 2 rings (SSSR count). The number of ether oxygens (including phenoxy) is 1. The second-order valence-electron chi connectivity index (χ2n) is 6.76. The highest BCUT2D eigenvalue weighted by Gasteiger charge is 2.57. The van der Waals surface area contributed by atoms with Gasteiger partial charge in [0, 0.05) is 0 Å². The molecule has 1 saturated heterocycles. The van der Waals surface area contributed by atoms with Crippen LogP contribution >= 0.6 is 31.9 Å². The molecule has 0 aliphatic carbocycles. The van der Waals surface area contributed by atoms with Gasteiger partial charge in [-0.2, -0.15) is 0 Å². The van der Waals surface area contributed by atoms with Gasteiger partial charge in [0.1, 0.15) is 11.5 Å². The molecule has 0 N–H and O–H groups in total. The zero-order valence-electron chi connectivity index (χ0n) is 13.1. The van der Waals surface area contributed by atoms with Crippen molar-refractivity contribution in [3.63, 3.8) is 0 Å². The molecule has 0 radical (unpaired) electrons. The van der Waals surface area contributed by atoms with Crippen molar-refractivity contribution in [2.75, 3.05) is 0 Å². The smallest absolute Gasteiger partial charge is 0.319 e. The lowest BCUT2D eigenvalue weighted by atomic mass is 9.67. The molecule has 5 heteroatoms. The minimum absolute atomic E-state index is 0.0696. The van der Waals surface area contributed by atoms with E-state index in [1.54, 1.807) is 13.8 Å². The van der Waals surface area contributed by atoms with E-state index in [0.29, 0.717) is 0 Å². The minimum atomic E-state index is -1.10. The lowest BCUT2D eigenvalue weighted by Gasteiger charge is -2.45. The maximum Gasteiger partial charge on any atom is 0.319 e. The number of carbonyl (C=O) groups is 2. The quantitative estimate of drug-likeness (QED) is 0.403. The van der Waals surface area contributed by atoms with Crippen LogP contribution in [0.2, 0.25) is 0 Å². The van der Waals surface area contributed by atoms with Crippen LogP contribution in [0.4, 0.5) is 0 Å². The van der Waals surface area contributed by atoms with E-state index < -0.39 is 22.9 Å². The molecule has 0 spiro atoms. The molecule has 1 aliphatic rings. The fraction of sp³-hybridized carbons (Fsp3) is 0.529. The van der Waals surface area contributed by atoms with E-state index in [0.717, 1.165) is 5.56 Å². The molecule has 0 unspecified atom stereocenters. The van der Waals surface area contributed by atoms with Crippen LogP contribution in [-0.2, 0) is 14.3 Å². The Kier molecular flexibility index (Phi) is 4.88. The van der Waals surface area contributed by atoms with Crippen LogP contribution in [0, 0.1) is 10.8 Å². The number of carbonyl (C=O) groups excluding carboxylic acids is 2. The molecule has 0 amide bonds. The van der Waals surface area contributed by atoms with Crippen molar-refractivity contribution in [2.24, 2.45) is 10.8 Å². The molecular formula is C17H20Br2O3. The molecule has 1 aromatic rings. The van der Waals surface area contributed by atoms with Crippen LogP contribution in [-0.4, -0.2) is 22.7 Å². The number of benzene rings is 1. The Morgan fingerprint density at radius 1 is 1.05 bits per heavy atom. The van der Waals surface area contributed by atoms with Gasteiger partial charge in [0.2, 0.25) is 0 Å². The summed E-state index contributed by atoms with van der Waals surface area (Å²) in [6, 6.07) is 9.85. The maximum atomic E-state index is 12.7. The number of ketones is 1. The van der Waals surface area contributed by atoms with Crippen LogP contribution in [0.1, 0.15) is 38.1 Å². The zero-order valence-corrected chi connectivity index (χ0v) is 16.3. The van der Waals surface area contributed by atoms with E-state index in [2.05, 4.69) is 31.9 Å². The Labute approximate surface area is 148 Å². The van der Waals surface area contributed by atoms with Gasteiger partial charge in [0.15, 0.2) is 5.78 Å². The first kappa shape index (κ1) is 17.7. The van der Waals surface area contributed by atoms with Crippen molar-refractivity contribution in [2.45, 2.75) is 43.5 Å². The number of cyclic esters (lactones) is 1. The van der Waals surface area contributed by atoms with Crippen LogP contribution in [0.5, 0.6) is 0 Å². The Morgan fingerprint density at radius 2 is 1.59 bits per heavy atom. The minimum Gasteiger partial charge on any atom is -0.459 e. The highest BCUT2D eigenvalue weighted by molar-refractivity contribution is 9.12. The number of alkyl halides is 2. The van der Waals surface area contributed by atoms with Gasteiger partial charge in [-0.1, -0.05) is 62.2 Å². The van der Waals surface area contributed by atoms with Crippen molar-refractivity contribution in [1.82, 2.24) is 0 Å². The lowest BCUT2D eigenvalue weighted by Crippen LogP contribution is -2.58. The summed E-state index contributed by atoms with van der Waals surface area (Å²) in [4.78, 5) is 24.6. The number of hydrogen-bond acceptors (Lipinski definition) is 3. The SMILES string of the molecule is CC1(C)C(=O)O[C@@H]([C@@H](Br)[C@@H](Br)c2ccccc2)C(C)(C)C1=O. The number of esters is 1. The Bertz CT molecular complexity index is 581. The summed E-state index contributed by atoms with van der Waals surface area (Å²) in [5.74, 6) is -0.544. The van der Waals surface area contributed by atoms with E-state index in [9.17, 15) is 9.59 Å². The first-order valence-corrected chi connectivity index (χ1v) is 9.02. The molecule has 1 aromatic carbocycles. The average molecular weight is 432 g/mol. The first-order chi connectivity index (χ1) is 10.1. The Morgan fingerprint density at radius 3 is 2.14 bits per heavy atom. The van der Waals surface area contributed by atoms with Crippen LogP contribution in [0.3, 0.4) is 0 Å². The number of rotatable bonds is 3. The van der Waals surface area contributed by atoms with Crippen molar-refractivity contribution >= 4 is 43.6 Å². The summed E-state index contributed by atoms with van der Waals surface area (Å²) in [7, 11) is 0. The number of Topliss-reactive ketones (excluding diaryl/α,β-unsaturated/α-hetero) is 1. The zero-order chi connectivity index (χ0) is 16.7.